The van der Waals surface area contributed by atoms with Gasteiger partial charge in [-0.3, -0.25) is 0 Å². The van der Waals surface area contributed by atoms with Gasteiger partial charge in [0, 0.05) is 24.5 Å². The minimum atomic E-state index is -4.60. The molecule has 0 aliphatic carbocycles. The highest BCUT2D eigenvalue weighted by Gasteiger charge is 2.36. The Balaban J connectivity index is 2.18. The van der Waals surface area contributed by atoms with Gasteiger partial charge in [0.25, 0.3) is 0 Å². The number of hydrogen-bond acceptors (Lipinski definition) is 5. The van der Waals surface area contributed by atoms with Crippen LogP contribution in [-0.4, -0.2) is 43.4 Å². The Morgan fingerprint density at radius 2 is 1.91 bits per heavy atom. The van der Waals surface area contributed by atoms with Crippen molar-refractivity contribution in [2.24, 2.45) is 0 Å². The molecule has 0 unspecified atom stereocenters. The number of nitrogens with zero attached hydrogens (tertiary/aromatic N) is 3. The molecule has 1 fully saturated rings. The first kappa shape index (κ1) is 14.8. The maximum Gasteiger partial charge on any atom is 0.451 e. The van der Waals surface area contributed by atoms with E-state index in [9.17, 15) is 13.2 Å². The lowest BCUT2D eigenvalue weighted by Gasteiger charge is -2.29. The smallest absolute Gasteiger partial charge is 0.451 e. The molecule has 2 aromatic rings. The van der Waals surface area contributed by atoms with E-state index in [0.29, 0.717) is 37.4 Å². The molecule has 1 saturated heterocycles. The number of benzene rings is 1. The lowest BCUT2D eigenvalue weighted by molar-refractivity contribution is -0.144. The summed E-state index contributed by atoms with van der Waals surface area (Å²) in [5.41, 5.74) is 0.211. The SMILES string of the molecule is COc1ccc2c(N3CCOCC3)nc(C(F)(F)F)nc2c1. The van der Waals surface area contributed by atoms with Crippen LogP contribution in [0.15, 0.2) is 18.2 Å². The highest BCUT2D eigenvalue weighted by molar-refractivity contribution is 5.90. The van der Waals surface area contributed by atoms with Crippen LogP contribution >= 0.6 is 0 Å². The Bertz CT molecular complexity index is 685. The molecular weight excluding hydrogens is 299 g/mol. The van der Waals surface area contributed by atoms with E-state index in [0.717, 1.165) is 0 Å². The Labute approximate surface area is 124 Å². The van der Waals surface area contributed by atoms with Crippen LogP contribution in [0.1, 0.15) is 5.82 Å². The summed E-state index contributed by atoms with van der Waals surface area (Å²) in [5.74, 6) is -0.412. The maximum absolute atomic E-state index is 13.0. The van der Waals surface area contributed by atoms with Gasteiger partial charge in [0.15, 0.2) is 0 Å². The fourth-order valence-electron chi connectivity index (χ4n) is 2.36. The van der Waals surface area contributed by atoms with E-state index in [4.69, 9.17) is 9.47 Å². The molecule has 0 bridgehead atoms. The number of morpholine rings is 1. The molecule has 0 spiro atoms. The molecule has 22 heavy (non-hydrogen) atoms. The van der Waals surface area contributed by atoms with Gasteiger partial charge in [0.1, 0.15) is 11.6 Å². The van der Waals surface area contributed by atoms with Crippen molar-refractivity contribution in [2.45, 2.75) is 6.18 Å². The number of rotatable bonds is 2. The van der Waals surface area contributed by atoms with Crippen LogP contribution in [0.4, 0.5) is 19.0 Å². The third kappa shape index (κ3) is 2.78. The molecular formula is C14H14F3N3O2. The van der Waals surface area contributed by atoms with E-state index in [2.05, 4.69) is 9.97 Å². The summed E-state index contributed by atoms with van der Waals surface area (Å²) < 4.78 is 49.4. The predicted molar refractivity (Wildman–Crippen MR) is 74.1 cm³/mol. The topological polar surface area (TPSA) is 47.5 Å². The van der Waals surface area contributed by atoms with Crippen molar-refractivity contribution in [1.82, 2.24) is 9.97 Å². The normalized spacial score (nSPS) is 16.1. The average Bonchev–Trinajstić information content (AvgIpc) is 2.53. The third-order valence-electron chi connectivity index (χ3n) is 3.45. The highest BCUT2D eigenvalue weighted by Crippen LogP contribution is 2.33. The molecule has 3 rings (SSSR count). The summed E-state index contributed by atoms with van der Waals surface area (Å²) in [6, 6.07) is 4.85. The molecule has 2 heterocycles. The number of hydrogen-bond donors (Lipinski definition) is 0. The van der Waals surface area contributed by atoms with Gasteiger partial charge in [-0.15, -0.1) is 0 Å². The highest BCUT2D eigenvalue weighted by atomic mass is 19.4. The largest absolute Gasteiger partial charge is 0.497 e. The number of aromatic nitrogens is 2. The molecule has 118 valence electrons. The van der Waals surface area contributed by atoms with Gasteiger partial charge in [0.2, 0.25) is 5.82 Å². The minimum Gasteiger partial charge on any atom is -0.497 e. The van der Waals surface area contributed by atoms with Crippen molar-refractivity contribution in [2.75, 3.05) is 38.3 Å². The Hall–Kier alpha value is -2.09. The summed E-state index contributed by atoms with van der Waals surface area (Å²) in [7, 11) is 1.45. The second kappa shape index (κ2) is 5.60. The van der Waals surface area contributed by atoms with E-state index in [1.54, 1.807) is 17.0 Å². The Kier molecular flexibility index (Phi) is 3.78. The fourth-order valence-corrected chi connectivity index (χ4v) is 2.36. The van der Waals surface area contributed by atoms with Crippen LogP contribution < -0.4 is 9.64 Å². The van der Waals surface area contributed by atoms with Gasteiger partial charge in [-0.2, -0.15) is 13.2 Å². The quantitative estimate of drug-likeness (QED) is 0.852. The zero-order valence-electron chi connectivity index (χ0n) is 11.9. The number of alkyl halides is 3. The zero-order valence-corrected chi connectivity index (χ0v) is 11.9. The van der Waals surface area contributed by atoms with Crippen LogP contribution in [0.5, 0.6) is 5.75 Å². The summed E-state index contributed by atoms with van der Waals surface area (Å²) >= 11 is 0. The molecule has 1 aromatic heterocycles. The summed E-state index contributed by atoms with van der Waals surface area (Å²) in [6.07, 6.45) is -4.60. The van der Waals surface area contributed by atoms with Crippen LogP contribution in [0.25, 0.3) is 10.9 Å². The van der Waals surface area contributed by atoms with E-state index >= 15 is 0 Å². The van der Waals surface area contributed by atoms with E-state index in [-0.39, 0.29) is 11.3 Å². The fraction of sp³-hybridized carbons (Fsp3) is 0.429. The maximum atomic E-state index is 13.0. The number of fused-ring (bicyclic) bond motifs is 1. The van der Waals surface area contributed by atoms with E-state index in [1.165, 1.54) is 13.2 Å². The van der Waals surface area contributed by atoms with Crippen LogP contribution in [-0.2, 0) is 10.9 Å². The zero-order chi connectivity index (χ0) is 15.7. The molecule has 1 aromatic carbocycles. The summed E-state index contributed by atoms with van der Waals surface area (Å²) in [6.45, 7) is 1.91. The van der Waals surface area contributed by atoms with Crippen LogP contribution in [0.2, 0.25) is 0 Å². The van der Waals surface area contributed by atoms with Crippen molar-refractivity contribution >= 4 is 16.7 Å². The Morgan fingerprint density at radius 3 is 2.55 bits per heavy atom. The van der Waals surface area contributed by atoms with Crippen molar-refractivity contribution in [3.05, 3.63) is 24.0 Å². The van der Waals surface area contributed by atoms with Crippen molar-refractivity contribution in [3.63, 3.8) is 0 Å². The van der Waals surface area contributed by atoms with Crippen LogP contribution in [0, 0.1) is 0 Å². The molecule has 5 nitrogen and oxygen atoms in total. The summed E-state index contributed by atoms with van der Waals surface area (Å²) in [4.78, 5) is 9.17. The van der Waals surface area contributed by atoms with E-state index in [1.807, 2.05) is 0 Å². The second-order valence-electron chi connectivity index (χ2n) is 4.85. The van der Waals surface area contributed by atoms with Gasteiger partial charge < -0.3 is 14.4 Å². The first-order valence-corrected chi connectivity index (χ1v) is 6.75. The molecule has 1 aliphatic heterocycles. The van der Waals surface area contributed by atoms with Gasteiger partial charge in [-0.05, 0) is 12.1 Å². The molecule has 0 amide bonds. The molecule has 0 atom stereocenters. The summed E-state index contributed by atoms with van der Waals surface area (Å²) in [5, 5.41) is 0.565. The lowest BCUT2D eigenvalue weighted by atomic mass is 10.2. The second-order valence-corrected chi connectivity index (χ2v) is 4.85. The molecule has 1 aliphatic rings. The van der Waals surface area contributed by atoms with Crippen LogP contribution in [0.3, 0.4) is 0 Å². The average molecular weight is 313 g/mol. The van der Waals surface area contributed by atoms with Gasteiger partial charge in [-0.1, -0.05) is 0 Å². The monoisotopic (exact) mass is 313 g/mol. The molecule has 0 radical (unpaired) electrons. The van der Waals surface area contributed by atoms with Crippen molar-refractivity contribution in [3.8, 4) is 5.75 Å². The Morgan fingerprint density at radius 1 is 1.18 bits per heavy atom. The first-order valence-electron chi connectivity index (χ1n) is 6.75. The number of halogens is 3. The molecule has 8 heteroatoms. The van der Waals surface area contributed by atoms with E-state index < -0.39 is 12.0 Å². The number of ether oxygens (including phenoxy) is 2. The van der Waals surface area contributed by atoms with Gasteiger partial charge >= 0.3 is 6.18 Å². The standard InChI is InChI=1S/C14H14F3N3O2/c1-21-9-2-3-10-11(8-9)18-13(14(15,16)17)19-12(10)20-4-6-22-7-5-20/h2-3,8H,4-7H2,1H3. The van der Waals surface area contributed by atoms with Crippen molar-refractivity contribution < 1.29 is 22.6 Å². The van der Waals surface area contributed by atoms with Gasteiger partial charge in [-0.25, -0.2) is 9.97 Å². The molecule has 0 N–H and O–H groups in total. The third-order valence-corrected chi connectivity index (χ3v) is 3.45. The minimum absolute atomic E-state index is 0.211. The number of methoxy groups -OCH3 is 1. The first-order chi connectivity index (χ1) is 10.5. The van der Waals surface area contributed by atoms with Crippen molar-refractivity contribution in [1.29, 1.82) is 0 Å². The molecule has 0 saturated carbocycles. The number of anilines is 1. The lowest BCUT2D eigenvalue weighted by Crippen LogP contribution is -2.37. The predicted octanol–water partition coefficient (Wildman–Crippen LogP) is 2.49. The van der Waals surface area contributed by atoms with Gasteiger partial charge in [0.05, 0.1) is 25.8 Å².